The number of carbonyl (C=O) groups excluding carboxylic acids is 4. The highest BCUT2D eigenvalue weighted by atomic mass is 127. The molecule has 48 heavy (non-hydrogen) atoms. The first-order valence-corrected chi connectivity index (χ1v) is 17.3. The maximum Gasteiger partial charge on any atom is 0.330 e. The average Bonchev–Trinajstić information content (AvgIpc) is 3.45. The lowest BCUT2D eigenvalue weighted by Gasteiger charge is -2.19. The fourth-order valence-corrected chi connectivity index (χ4v) is 6.88. The Morgan fingerprint density at radius 1 is 0.729 bits per heavy atom. The molecule has 8 atom stereocenters. The highest BCUT2D eigenvalue weighted by molar-refractivity contribution is 14.1. The second kappa shape index (κ2) is 17.3. The summed E-state index contributed by atoms with van der Waals surface area (Å²) in [6.45, 7) is 4.67. The standard InChI is InChI=1S/C13H14Br2N2O7.C13H14BrIN2O7/c1-5(18)22-4-8-10(23-6(2)19)9(15)12(24-8)17-3-7(14)11(20)16-13(17)21;1-5(18)22-4-8-10(23-6(2)19)9(14)12(24-8)17-3-7(15)11(20)16-13(17)21/h2*3,8-10,12H,4H2,1-2H3,(H,16,20,21)/t2*8-,9+,10-,12-/m11/s1. The second-order valence-corrected chi connectivity index (χ2v) is 14.2. The number of aromatic amines is 2. The van der Waals surface area contributed by atoms with E-state index in [0.29, 0.717) is 3.57 Å². The number of hydrogen-bond donors (Lipinski definition) is 2. The van der Waals surface area contributed by atoms with E-state index in [9.17, 15) is 38.4 Å². The van der Waals surface area contributed by atoms with Gasteiger partial charge >= 0.3 is 35.3 Å². The Morgan fingerprint density at radius 2 is 1.12 bits per heavy atom. The van der Waals surface area contributed by atoms with Crippen molar-refractivity contribution in [2.45, 2.75) is 74.2 Å². The van der Waals surface area contributed by atoms with Gasteiger partial charge < -0.3 is 28.4 Å². The van der Waals surface area contributed by atoms with Gasteiger partial charge in [0.1, 0.15) is 37.6 Å². The summed E-state index contributed by atoms with van der Waals surface area (Å²) in [6.07, 6.45) is -2.21. The van der Waals surface area contributed by atoms with Gasteiger partial charge in [-0.2, -0.15) is 0 Å². The Balaban J connectivity index is 0.000000260. The van der Waals surface area contributed by atoms with E-state index < -0.39 is 92.9 Å². The number of ether oxygens (including phenoxy) is 6. The third-order valence-corrected chi connectivity index (χ3v) is 9.72. The first-order chi connectivity index (χ1) is 22.4. The summed E-state index contributed by atoms with van der Waals surface area (Å²) in [5.41, 5.74) is -2.43. The third kappa shape index (κ3) is 10.2. The molecule has 2 aromatic heterocycles. The number of aromatic nitrogens is 4. The average molecular weight is 987 g/mol. The van der Waals surface area contributed by atoms with Crippen LogP contribution in [0.2, 0.25) is 0 Å². The molecule has 0 aliphatic carbocycles. The van der Waals surface area contributed by atoms with E-state index in [4.69, 9.17) is 28.4 Å². The van der Waals surface area contributed by atoms with Crippen molar-refractivity contribution in [1.82, 2.24) is 19.1 Å². The maximum atomic E-state index is 12.0. The van der Waals surface area contributed by atoms with Crippen LogP contribution in [0.5, 0.6) is 0 Å². The minimum absolute atomic E-state index is 0.137. The Morgan fingerprint density at radius 3 is 1.52 bits per heavy atom. The third-order valence-electron chi connectivity index (χ3n) is 6.44. The van der Waals surface area contributed by atoms with Crippen molar-refractivity contribution in [3.05, 3.63) is 62.1 Å². The van der Waals surface area contributed by atoms with Crippen molar-refractivity contribution >= 4 is 94.3 Å². The van der Waals surface area contributed by atoms with E-state index >= 15 is 0 Å². The molecule has 22 heteroatoms. The zero-order valence-corrected chi connectivity index (χ0v) is 32.2. The minimum atomic E-state index is -0.879. The molecule has 2 fully saturated rings. The molecule has 0 bridgehead atoms. The smallest absolute Gasteiger partial charge is 0.330 e. The topological polar surface area (TPSA) is 233 Å². The van der Waals surface area contributed by atoms with Gasteiger partial charge in [-0.25, -0.2) is 9.59 Å². The SMILES string of the molecule is CC(=O)OC[C@H]1O[C@@H](n2cc(Br)c(=O)[nH]c2=O)[C@@H](Br)[C@@H]1OC(C)=O.CC(=O)OC[C@H]1O[C@@H](n2cc(I)c(=O)[nH]c2=O)[C@@H](Br)[C@@H]1OC(C)=O. The molecule has 4 heterocycles. The molecule has 2 saturated heterocycles. The van der Waals surface area contributed by atoms with Crippen LogP contribution >= 0.6 is 70.4 Å². The number of esters is 4. The molecule has 0 amide bonds. The fourth-order valence-electron chi connectivity index (χ4n) is 4.47. The van der Waals surface area contributed by atoms with Crippen LogP contribution in [0.3, 0.4) is 0 Å². The van der Waals surface area contributed by atoms with Crippen LogP contribution in [-0.4, -0.2) is 90.3 Å². The monoisotopic (exact) mass is 984 g/mol. The van der Waals surface area contributed by atoms with E-state index in [1.165, 1.54) is 44.7 Å². The van der Waals surface area contributed by atoms with E-state index in [-0.39, 0.29) is 17.7 Å². The number of carbonyl (C=O) groups is 4. The number of halogens is 4. The molecule has 2 aromatic rings. The molecule has 0 unspecified atom stereocenters. The number of hydrogen-bond acceptors (Lipinski definition) is 14. The second-order valence-electron chi connectivity index (χ2n) is 10.1. The molecule has 0 radical (unpaired) electrons. The molecule has 0 saturated carbocycles. The largest absolute Gasteiger partial charge is 0.463 e. The van der Waals surface area contributed by atoms with Crippen LogP contribution in [0.25, 0.3) is 0 Å². The van der Waals surface area contributed by atoms with Crippen molar-refractivity contribution < 1.29 is 47.6 Å². The van der Waals surface area contributed by atoms with Gasteiger partial charge in [0.15, 0.2) is 12.5 Å². The summed E-state index contributed by atoms with van der Waals surface area (Å²) >= 11 is 11.5. The molecule has 2 aliphatic heterocycles. The van der Waals surface area contributed by atoms with Crippen molar-refractivity contribution in [3.63, 3.8) is 0 Å². The van der Waals surface area contributed by atoms with Crippen LogP contribution < -0.4 is 22.5 Å². The van der Waals surface area contributed by atoms with Gasteiger partial charge in [-0.05, 0) is 38.5 Å². The van der Waals surface area contributed by atoms with Gasteiger partial charge in [0.05, 0.1) is 17.7 Å². The number of nitrogens with zero attached hydrogens (tertiary/aromatic N) is 2. The summed E-state index contributed by atoms with van der Waals surface area (Å²) in [5, 5.41) is 0. The van der Waals surface area contributed by atoms with Crippen LogP contribution in [0.1, 0.15) is 40.2 Å². The van der Waals surface area contributed by atoms with Gasteiger partial charge in [-0.3, -0.25) is 47.9 Å². The molecular weight excluding hydrogens is 959 g/mol. The van der Waals surface area contributed by atoms with Crippen molar-refractivity contribution in [1.29, 1.82) is 0 Å². The van der Waals surface area contributed by atoms with Gasteiger partial charge in [0.2, 0.25) is 0 Å². The number of H-pyrrole nitrogens is 2. The van der Waals surface area contributed by atoms with E-state index in [1.807, 2.05) is 0 Å². The lowest BCUT2D eigenvalue weighted by atomic mass is 10.2. The highest BCUT2D eigenvalue weighted by Gasteiger charge is 2.48. The Labute approximate surface area is 308 Å². The van der Waals surface area contributed by atoms with Crippen LogP contribution in [0.15, 0.2) is 36.0 Å². The maximum absolute atomic E-state index is 12.0. The van der Waals surface area contributed by atoms with Crippen LogP contribution in [0.4, 0.5) is 0 Å². The molecule has 2 aliphatic rings. The summed E-state index contributed by atoms with van der Waals surface area (Å²) < 4.78 is 34.5. The zero-order valence-electron chi connectivity index (χ0n) is 25.3. The van der Waals surface area contributed by atoms with E-state index in [2.05, 4.69) is 57.8 Å². The molecule has 0 aromatic carbocycles. The van der Waals surface area contributed by atoms with E-state index in [0.717, 1.165) is 4.57 Å². The highest BCUT2D eigenvalue weighted by Crippen LogP contribution is 2.37. The Kier molecular flexibility index (Phi) is 14.3. The molecule has 4 rings (SSSR count). The van der Waals surface area contributed by atoms with Gasteiger partial charge in [-0.1, -0.05) is 31.9 Å². The predicted octanol–water partition coefficient (Wildman–Crippen LogP) is 0.752. The van der Waals surface area contributed by atoms with Crippen LogP contribution in [-0.2, 0) is 47.6 Å². The molecule has 18 nitrogen and oxygen atoms in total. The lowest BCUT2D eigenvalue weighted by molar-refractivity contribution is -0.157. The zero-order chi connectivity index (χ0) is 36.0. The first-order valence-electron chi connectivity index (χ1n) is 13.6. The van der Waals surface area contributed by atoms with Crippen molar-refractivity contribution in [3.8, 4) is 0 Å². The molecule has 2 N–H and O–H groups in total. The molecular formula is C26H28Br3IN4O14. The fraction of sp³-hybridized carbons (Fsp3) is 0.538. The van der Waals surface area contributed by atoms with Gasteiger partial charge in [0.25, 0.3) is 11.1 Å². The van der Waals surface area contributed by atoms with Gasteiger partial charge in [-0.15, -0.1) is 0 Å². The first kappa shape index (κ1) is 39.8. The van der Waals surface area contributed by atoms with Crippen molar-refractivity contribution in [2.75, 3.05) is 13.2 Å². The van der Waals surface area contributed by atoms with Gasteiger partial charge in [0, 0.05) is 40.1 Å². The van der Waals surface area contributed by atoms with E-state index in [1.54, 1.807) is 22.6 Å². The summed E-state index contributed by atoms with van der Waals surface area (Å²) in [7, 11) is 0. The number of nitrogens with one attached hydrogen (secondary N) is 2. The molecule has 264 valence electrons. The Bertz CT molecular complexity index is 1650. The summed E-state index contributed by atoms with van der Waals surface area (Å²) in [5.74, 6) is -2.11. The predicted molar refractivity (Wildman–Crippen MR) is 181 cm³/mol. The number of rotatable bonds is 8. The molecule has 0 spiro atoms. The summed E-state index contributed by atoms with van der Waals surface area (Å²) in [6, 6.07) is 0. The minimum Gasteiger partial charge on any atom is -0.463 e. The van der Waals surface area contributed by atoms with Crippen molar-refractivity contribution in [2.24, 2.45) is 0 Å². The quantitative estimate of drug-likeness (QED) is 0.161. The Hall–Kier alpha value is -2.67. The normalized spacial score (nSPS) is 26.2. The lowest BCUT2D eigenvalue weighted by Crippen LogP contribution is -2.37. The summed E-state index contributed by atoms with van der Waals surface area (Å²) in [4.78, 5) is 94.7. The van der Waals surface area contributed by atoms with Crippen LogP contribution in [0, 0.1) is 3.57 Å². The number of alkyl halides is 2.